The molecule has 0 aliphatic heterocycles. The Morgan fingerprint density at radius 3 is 2.35 bits per heavy atom. The first-order chi connectivity index (χ1) is 12.5. The second-order valence-corrected chi connectivity index (χ2v) is 6.55. The third-order valence-electron chi connectivity index (χ3n) is 3.84. The monoisotopic (exact) mass is 413 g/mol. The quantitative estimate of drug-likeness (QED) is 0.639. The number of nitrogens with zero attached hydrogens (tertiary/aromatic N) is 1. The summed E-state index contributed by atoms with van der Waals surface area (Å²) in [6.45, 7) is 3.42. The molecule has 0 saturated heterocycles. The summed E-state index contributed by atoms with van der Waals surface area (Å²) in [5.74, 6) is -0.403. The van der Waals surface area contributed by atoms with Gasteiger partial charge in [-0.2, -0.15) is 0 Å². The number of hydrogen-bond acceptors (Lipinski definition) is 4. The van der Waals surface area contributed by atoms with Crippen LogP contribution in [0.4, 0.5) is 0 Å². The largest absolute Gasteiger partial charge is 0.469 e. The van der Waals surface area contributed by atoms with Crippen molar-refractivity contribution in [2.75, 3.05) is 0 Å². The van der Waals surface area contributed by atoms with Crippen LogP contribution in [0.3, 0.4) is 0 Å². The highest BCUT2D eigenvalue weighted by atomic mass is 79.9. The fraction of sp³-hybridized carbons (Fsp3) is 0.105. The van der Waals surface area contributed by atoms with E-state index < -0.39 is 11.8 Å². The molecule has 2 aromatic heterocycles. The number of pyridine rings is 1. The number of carbonyl (C=O) groups excluding carboxylic acids is 2. The Morgan fingerprint density at radius 1 is 1.00 bits per heavy atom. The summed E-state index contributed by atoms with van der Waals surface area (Å²) in [4.78, 5) is 28.8. The zero-order valence-corrected chi connectivity index (χ0v) is 15.8. The summed E-state index contributed by atoms with van der Waals surface area (Å²) in [5, 5.41) is 0. The molecule has 0 bridgehead atoms. The number of aryl methyl sites for hydroxylation is 2. The fourth-order valence-corrected chi connectivity index (χ4v) is 2.88. The predicted molar refractivity (Wildman–Crippen MR) is 100 cm³/mol. The van der Waals surface area contributed by atoms with Crippen molar-refractivity contribution >= 4 is 27.7 Å². The van der Waals surface area contributed by atoms with Crippen molar-refractivity contribution in [1.82, 2.24) is 15.8 Å². The third kappa shape index (κ3) is 3.83. The van der Waals surface area contributed by atoms with Crippen LogP contribution < -0.4 is 10.9 Å². The summed E-state index contributed by atoms with van der Waals surface area (Å²) < 4.78 is 6.03. The molecule has 0 atom stereocenters. The first kappa shape index (κ1) is 17.9. The molecule has 2 N–H and O–H groups in total. The lowest BCUT2D eigenvalue weighted by Crippen LogP contribution is -2.42. The molecule has 0 fully saturated rings. The molecule has 1 aromatic carbocycles. The lowest BCUT2D eigenvalue weighted by molar-refractivity contribution is 0.0845. The number of rotatable bonds is 3. The van der Waals surface area contributed by atoms with Gasteiger partial charge in [-0.25, -0.2) is 0 Å². The molecule has 3 aromatic rings. The number of carbonyl (C=O) groups is 2. The van der Waals surface area contributed by atoms with E-state index in [0.717, 1.165) is 15.7 Å². The minimum atomic E-state index is -0.444. The highest BCUT2D eigenvalue weighted by molar-refractivity contribution is 9.10. The Balaban J connectivity index is 1.72. The normalized spacial score (nSPS) is 10.4. The Morgan fingerprint density at radius 2 is 1.73 bits per heavy atom. The number of nitrogens with one attached hydrogen (secondary N) is 2. The van der Waals surface area contributed by atoms with Crippen LogP contribution in [-0.2, 0) is 0 Å². The van der Waals surface area contributed by atoms with E-state index in [-0.39, 0.29) is 0 Å². The van der Waals surface area contributed by atoms with E-state index in [9.17, 15) is 9.59 Å². The van der Waals surface area contributed by atoms with Crippen molar-refractivity contribution in [3.8, 4) is 11.3 Å². The second-order valence-electron chi connectivity index (χ2n) is 5.64. The Bertz CT molecular complexity index is 982. The number of hydrogen-bond donors (Lipinski definition) is 2. The van der Waals surface area contributed by atoms with Gasteiger partial charge in [0, 0.05) is 10.0 Å². The molecule has 0 saturated carbocycles. The van der Waals surface area contributed by atoms with Crippen molar-refractivity contribution in [1.29, 1.82) is 0 Å². The van der Waals surface area contributed by atoms with E-state index in [1.54, 1.807) is 26.0 Å². The zero-order valence-electron chi connectivity index (χ0n) is 14.2. The predicted octanol–water partition coefficient (Wildman–Crippen LogP) is 3.80. The molecule has 0 aliphatic rings. The van der Waals surface area contributed by atoms with Crippen LogP contribution in [0, 0.1) is 13.8 Å². The van der Waals surface area contributed by atoms with Gasteiger partial charge in [0.05, 0.1) is 28.8 Å². The van der Waals surface area contributed by atoms with Gasteiger partial charge in [0.1, 0.15) is 5.76 Å². The van der Waals surface area contributed by atoms with Crippen LogP contribution >= 0.6 is 15.9 Å². The summed E-state index contributed by atoms with van der Waals surface area (Å²) in [6, 6.07) is 12.7. The number of aromatic nitrogens is 1. The third-order valence-corrected chi connectivity index (χ3v) is 4.34. The van der Waals surface area contributed by atoms with E-state index >= 15 is 0 Å². The fourth-order valence-electron chi connectivity index (χ4n) is 2.48. The second kappa shape index (κ2) is 7.53. The van der Waals surface area contributed by atoms with Crippen LogP contribution in [0.5, 0.6) is 0 Å². The standard InChI is InChI=1S/C19H16BrN3O3/c1-11-15(6-7-17(21-11)13-4-3-5-14(20)10-13)18(24)22-23-19(25)16-8-9-26-12(16)2/h3-10H,1-2H3,(H,22,24)(H,23,25). The minimum absolute atomic E-state index is 0.366. The lowest BCUT2D eigenvalue weighted by Gasteiger charge is -2.10. The van der Waals surface area contributed by atoms with Crippen LogP contribution in [0.1, 0.15) is 32.2 Å². The van der Waals surface area contributed by atoms with Crippen LogP contribution in [-0.4, -0.2) is 16.8 Å². The number of benzene rings is 1. The van der Waals surface area contributed by atoms with E-state index in [2.05, 4.69) is 31.8 Å². The topological polar surface area (TPSA) is 84.2 Å². The van der Waals surface area contributed by atoms with Gasteiger partial charge in [-0.05, 0) is 44.2 Å². The van der Waals surface area contributed by atoms with Crippen molar-refractivity contribution in [2.24, 2.45) is 0 Å². The van der Waals surface area contributed by atoms with E-state index in [0.29, 0.717) is 22.6 Å². The molecule has 6 nitrogen and oxygen atoms in total. The van der Waals surface area contributed by atoms with Crippen molar-refractivity contribution in [3.05, 3.63) is 75.8 Å². The highest BCUT2D eigenvalue weighted by Gasteiger charge is 2.15. The number of halogens is 1. The van der Waals surface area contributed by atoms with Gasteiger partial charge in [0.2, 0.25) is 0 Å². The van der Waals surface area contributed by atoms with Crippen LogP contribution in [0.15, 0.2) is 57.6 Å². The maximum atomic E-state index is 12.3. The van der Waals surface area contributed by atoms with Gasteiger partial charge in [0.15, 0.2) is 0 Å². The molecule has 2 amide bonds. The van der Waals surface area contributed by atoms with E-state index in [4.69, 9.17) is 4.42 Å². The zero-order chi connectivity index (χ0) is 18.7. The van der Waals surface area contributed by atoms with Gasteiger partial charge in [0.25, 0.3) is 11.8 Å². The molecule has 0 aliphatic carbocycles. The minimum Gasteiger partial charge on any atom is -0.469 e. The maximum Gasteiger partial charge on any atom is 0.273 e. The highest BCUT2D eigenvalue weighted by Crippen LogP contribution is 2.22. The Labute approximate surface area is 158 Å². The summed E-state index contributed by atoms with van der Waals surface area (Å²) >= 11 is 3.43. The molecular formula is C19H16BrN3O3. The SMILES string of the molecule is Cc1nc(-c2cccc(Br)c2)ccc1C(=O)NNC(=O)c1ccoc1C. The number of furan rings is 1. The molecular weight excluding hydrogens is 398 g/mol. The maximum absolute atomic E-state index is 12.3. The summed E-state index contributed by atoms with van der Waals surface area (Å²) in [5.41, 5.74) is 7.79. The lowest BCUT2D eigenvalue weighted by atomic mass is 10.1. The average Bonchev–Trinajstić information content (AvgIpc) is 3.05. The Hall–Kier alpha value is -2.93. The molecule has 26 heavy (non-hydrogen) atoms. The van der Waals surface area contributed by atoms with Crippen molar-refractivity contribution in [3.63, 3.8) is 0 Å². The van der Waals surface area contributed by atoms with Gasteiger partial charge in [-0.15, -0.1) is 0 Å². The molecule has 0 radical (unpaired) electrons. The average molecular weight is 414 g/mol. The van der Waals surface area contributed by atoms with Crippen LogP contribution in [0.2, 0.25) is 0 Å². The summed E-state index contributed by atoms with van der Waals surface area (Å²) in [7, 11) is 0. The number of amides is 2. The van der Waals surface area contributed by atoms with Gasteiger partial charge in [-0.1, -0.05) is 28.1 Å². The van der Waals surface area contributed by atoms with Crippen molar-refractivity contribution < 1.29 is 14.0 Å². The van der Waals surface area contributed by atoms with E-state index in [1.807, 2.05) is 24.3 Å². The van der Waals surface area contributed by atoms with E-state index in [1.165, 1.54) is 12.3 Å². The molecule has 7 heteroatoms. The molecule has 3 rings (SSSR count). The van der Waals surface area contributed by atoms with Gasteiger partial charge < -0.3 is 4.42 Å². The van der Waals surface area contributed by atoms with Gasteiger partial charge >= 0.3 is 0 Å². The number of hydrazine groups is 1. The van der Waals surface area contributed by atoms with Crippen molar-refractivity contribution in [2.45, 2.75) is 13.8 Å². The molecule has 2 heterocycles. The molecule has 0 unspecified atom stereocenters. The first-order valence-electron chi connectivity index (χ1n) is 7.84. The summed E-state index contributed by atoms with van der Waals surface area (Å²) in [6.07, 6.45) is 1.42. The molecule has 0 spiro atoms. The molecule has 132 valence electrons. The first-order valence-corrected chi connectivity index (χ1v) is 8.63. The van der Waals surface area contributed by atoms with Crippen LogP contribution in [0.25, 0.3) is 11.3 Å². The Kier molecular flexibility index (Phi) is 5.18. The smallest absolute Gasteiger partial charge is 0.273 e. The van der Waals surface area contributed by atoms with Gasteiger partial charge in [-0.3, -0.25) is 25.4 Å².